The molecule has 0 heterocycles. The number of aromatic carboxylic acids is 2. The number of ether oxygens (including phenoxy) is 2. The van der Waals surface area contributed by atoms with Crippen LogP contribution in [0.25, 0.3) is 0 Å². The molecule has 9 nitrogen and oxygen atoms in total. The number of hydrogen-bond donors (Lipinski definition) is 1. The molecule has 0 fully saturated rings. The molecule has 0 amide bonds. The molecule has 3 aromatic rings. The Balaban J connectivity index is 0.000000568. The van der Waals surface area contributed by atoms with Crippen molar-refractivity contribution in [3.05, 3.63) is 89.5 Å². The number of carbonyl (C=O) groups excluding carboxylic acids is 4. The molecule has 0 aliphatic heterocycles. The molecule has 208 valence electrons. The summed E-state index contributed by atoms with van der Waals surface area (Å²) in [5.74, 6) is -2.36. The maximum absolute atomic E-state index is 10.4. The smallest absolute Gasteiger partial charge is 0.545 e. The summed E-state index contributed by atoms with van der Waals surface area (Å²) in [4.78, 5) is 40.6. The van der Waals surface area contributed by atoms with Crippen molar-refractivity contribution in [1.82, 2.24) is 0 Å². The van der Waals surface area contributed by atoms with Crippen LogP contribution >= 0.6 is 0 Å². The van der Waals surface area contributed by atoms with E-state index in [2.05, 4.69) is 22.5 Å². The zero-order valence-corrected chi connectivity index (χ0v) is 25.4. The number of aromatic hydroxyl groups is 1. The zero-order valence-electron chi connectivity index (χ0n) is 22.5. The van der Waals surface area contributed by atoms with Gasteiger partial charge in [0.2, 0.25) is 0 Å². The predicted octanol–water partition coefficient (Wildman–Crippen LogP) is 3.46. The van der Waals surface area contributed by atoms with Crippen LogP contribution in [0.4, 0.5) is 0 Å². The first kappa shape index (κ1) is 36.0. The third-order valence-electron chi connectivity index (χ3n) is 5.29. The molecule has 0 bridgehead atoms. The number of phenolic OH excluding ortho intramolecular Hbond substituents is 1. The first-order valence-corrected chi connectivity index (χ1v) is 12.4. The summed E-state index contributed by atoms with van der Waals surface area (Å²) in [6.45, 7) is 2.58. The van der Waals surface area contributed by atoms with Crippen molar-refractivity contribution in [3.8, 4) is 17.2 Å². The van der Waals surface area contributed by atoms with Gasteiger partial charge in [0.15, 0.2) is 0 Å². The Morgan fingerprint density at radius 2 is 1.20 bits per heavy atom. The average molecular weight is 602 g/mol. The van der Waals surface area contributed by atoms with Crippen molar-refractivity contribution in [2.45, 2.75) is 51.9 Å². The van der Waals surface area contributed by atoms with Gasteiger partial charge in [-0.15, -0.1) is 0 Å². The molecule has 0 saturated carbocycles. The van der Waals surface area contributed by atoms with E-state index in [1.165, 1.54) is 80.5 Å². The van der Waals surface area contributed by atoms with Gasteiger partial charge in [-0.3, -0.25) is 9.59 Å². The molecule has 3 rings (SSSR count). The van der Waals surface area contributed by atoms with Crippen LogP contribution in [-0.4, -0.2) is 30.0 Å². The van der Waals surface area contributed by atoms with Crippen LogP contribution in [0.2, 0.25) is 0 Å². The standard InChI is InChI=1S/C14H22O.2C8H6O4.Zn/c1-2-3-4-5-6-7-9-13-10-8-11-14(15)12-13;2*9-5-12-7-4-2-1-3-6(7)8(10)11;/h8,10-12,15H,2-7,9H2,1H3;2*1-5H,(H,10,11);/q;;;+2/p-2. The minimum Gasteiger partial charge on any atom is -0.545 e. The van der Waals surface area contributed by atoms with Crippen molar-refractivity contribution in [1.29, 1.82) is 0 Å². The molecule has 3 aromatic carbocycles. The first-order chi connectivity index (χ1) is 18.8. The van der Waals surface area contributed by atoms with E-state index in [4.69, 9.17) is 0 Å². The van der Waals surface area contributed by atoms with Crippen LogP contribution in [0.3, 0.4) is 0 Å². The Kier molecular flexibility index (Phi) is 19.6. The van der Waals surface area contributed by atoms with Gasteiger partial charge in [0.25, 0.3) is 12.9 Å². The Morgan fingerprint density at radius 3 is 1.65 bits per heavy atom. The van der Waals surface area contributed by atoms with E-state index in [9.17, 15) is 34.5 Å². The molecule has 0 radical (unpaired) electrons. The predicted molar refractivity (Wildman–Crippen MR) is 140 cm³/mol. The minimum atomic E-state index is -1.37. The van der Waals surface area contributed by atoms with Crippen LogP contribution in [0.1, 0.15) is 71.7 Å². The fourth-order valence-corrected chi connectivity index (χ4v) is 3.40. The van der Waals surface area contributed by atoms with E-state index >= 15 is 0 Å². The summed E-state index contributed by atoms with van der Waals surface area (Å²) in [5, 5.41) is 30.1. The van der Waals surface area contributed by atoms with Gasteiger partial charge >= 0.3 is 19.5 Å². The number of para-hydroxylation sites is 2. The van der Waals surface area contributed by atoms with Gasteiger partial charge in [-0.05, 0) is 54.8 Å². The SMILES string of the molecule is CCCCCCCCc1cccc(O)c1.O=COc1ccccc1C(=O)[O-].O=COc1ccccc1C(=O)[O-].[Zn+2]. The van der Waals surface area contributed by atoms with Crippen LogP contribution in [0.15, 0.2) is 72.8 Å². The van der Waals surface area contributed by atoms with Crippen molar-refractivity contribution < 1.29 is 63.4 Å². The van der Waals surface area contributed by atoms with Gasteiger partial charge in [-0.25, -0.2) is 0 Å². The quantitative estimate of drug-likeness (QED) is 0.176. The van der Waals surface area contributed by atoms with Crippen molar-refractivity contribution in [2.24, 2.45) is 0 Å². The van der Waals surface area contributed by atoms with E-state index in [0.717, 1.165) is 6.42 Å². The van der Waals surface area contributed by atoms with E-state index in [1.807, 2.05) is 12.1 Å². The average Bonchev–Trinajstić information content (AvgIpc) is 2.92. The second-order valence-corrected chi connectivity index (χ2v) is 8.18. The molecule has 0 saturated heterocycles. The maximum atomic E-state index is 10.4. The van der Waals surface area contributed by atoms with Crippen molar-refractivity contribution in [3.63, 3.8) is 0 Å². The second-order valence-electron chi connectivity index (χ2n) is 8.18. The molecule has 0 aliphatic rings. The second kappa shape index (κ2) is 21.8. The number of carbonyl (C=O) groups is 4. The fraction of sp³-hybridized carbons (Fsp3) is 0.267. The third kappa shape index (κ3) is 14.8. The van der Waals surface area contributed by atoms with Gasteiger partial charge in [0, 0.05) is 11.1 Å². The number of aryl methyl sites for hydroxylation is 1. The number of rotatable bonds is 13. The first-order valence-electron chi connectivity index (χ1n) is 12.4. The number of unbranched alkanes of at least 4 members (excludes halogenated alkanes) is 5. The summed E-state index contributed by atoms with van der Waals surface area (Å²) >= 11 is 0. The Hall–Kier alpha value is -4.04. The van der Waals surface area contributed by atoms with E-state index in [1.54, 1.807) is 18.2 Å². The molecule has 1 N–H and O–H groups in total. The molecule has 40 heavy (non-hydrogen) atoms. The molecule has 0 aliphatic carbocycles. The summed E-state index contributed by atoms with van der Waals surface area (Å²) in [7, 11) is 0. The van der Waals surface area contributed by atoms with Crippen LogP contribution in [0.5, 0.6) is 17.2 Å². The summed E-state index contributed by atoms with van der Waals surface area (Å²) in [5.41, 5.74) is 0.986. The molecular formula is C30H32O9Zn. The zero-order chi connectivity index (χ0) is 28.9. The summed E-state index contributed by atoms with van der Waals surface area (Å²) in [6.07, 6.45) is 9.06. The van der Waals surface area contributed by atoms with E-state index in [-0.39, 0.29) is 55.0 Å². The van der Waals surface area contributed by atoms with E-state index < -0.39 is 11.9 Å². The van der Waals surface area contributed by atoms with Gasteiger partial charge in [-0.1, -0.05) is 75.4 Å². The van der Waals surface area contributed by atoms with Crippen LogP contribution < -0.4 is 19.7 Å². The van der Waals surface area contributed by atoms with Gasteiger partial charge < -0.3 is 34.4 Å². The Bertz CT molecular complexity index is 1120. The normalized spacial score (nSPS) is 9.32. The topological polar surface area (TPSA) is 153 Å². The molecule has 0 unspecified atom stereocenters. The monoisotopic (exact) mass is 600 g/mol. The number of carboxylic acid groups (broad SMARTS) is 2. The molecule has 0 spiro atoms. The van der Waals surface area contributed by atoms with Crippen LogP contribution in [0, 0.1) is 0 Å². The minimum absolute atomic E-state index is 0. The van der Waals surface area contributed by atoms with E-state index in [0.29, 0.717) is 5.75 Å². The van der Waals surface area contributed by atoms with Gasteiger partial charge in [0.05, 0.1) is 11.9 Å². The molecule has 0 atom stereocenters. The fourth-order valence-electron chi connectivity index (χ4n) is 3.40. The Morgan fingerprint density at radius 1 is 0.725 bits per heavy atom. The van der Waals surface area contributed by atoms with Crippen molar-refractivity contribution >= 4 is 24.9 Å². The number of hydrogen-bond acceptors (Lipinski definition) is 9. The number of phenols is 1. The maximum Gasteiger partial charge on any atom is 2.00 e. The Labute approximate surface area is 246 Å². The van der Waals surface area contributed by atoms with Crippen molar-refractivity contribution in [2.75, 3.05) is 0 Å². The van der Waals surface area contributed by atoms with Crippen LogP contribution in [-0.2, 0) is 35.5 Å². The van der Waals surface area contributed by atoms with Gasteiger partial charge in [-0.2, -0.15) is 0 Å². The molecular weight excluding hydrogens is 570 g/mol. The summed E-state index contributed by atoms with van der Waals surface area (Å²) < 4.78 is 8.79. The molecule has 10 heteroatoms. The van der Waals surface area contributed by atoms with Gasteiger partial charge in [0.1, 0.15) is 17.2 Å². The number of carboxylic acids is 2. The molecule has 0 aromatic heterocycles. The third-order valence-corrected chi connectivity index (χ3v) is 5.29. The largest absolute Gasteiger partial charge is 2.00 e. The summed E-state index contributed by atoms with van der Waals surface area (Å²) in [6, 6.07) is 19.1. The number of benzene rings is 3.